The lowest BCUT2D eigenvalue weighted by Crippen LogP contribution is -2.27. The van der Waals surface area contributed by atoms with Gasteiger partial charge < -0.3 is 26.0 Å². The summed E-state index contributed by atoms with van der Waals surface area (Å²) in [5.41, 5.74) is 10.3. The Morgan fingerprint density at radius 1 is 1.37 bits per heavy atom. The Labute approximate surface area is 111 Å². The number of nitrogens with one attached hydrogen (secondary N) is 2. The molecule has 2 aromatic rings. The summed E-state index contributed by atoms with van der Waals surface area (Å²) in [5, 5.41) is 12.6. The topological polar surface area (TPSA) is 128 Å². The van der Waals surface area contributed by atoms with E-state index in [2.05, 4.69) is 25.2 Å². The van der Waals surface area contributed by atoms with Crippen molar-refractivity contribution in [1.82, 2.24) is 20.7 Å². The molecule has 0 unspecified atom stereocenters. The smallest absolute Gasteiger partial charge is 0.167 e. The van der Waals surface area contributed by atoms with Crippen LogP contribution < -0.4 is 16.8 Å². The summed E-state index contributed by atoms with van der Waals surface area (Å²) < 4.78 is 9.47. The number of H-pyrrole nitrogens is 1. The Morgan fingerprint density at radius 2 is 2.21 bits per heavy atom. The number of nitrogens with zero attached hydrogens (tertiary/aromatic N) is 2. The number of morpholine rings is 1. The maximum absolute atomic E-state index is 5.17. The van der Waals surface area contributed by atoms with Crippen LogP contribution in [0.15, 0.2) is 22.9 Å². The number of ether oxygens (including phenoxy) is 1. The number of aromatic amines is 1. The molecule has 105 valence electrons. The van der Waals surface area contributed by atoms with E-state index in [0.29, 0.717) is 11.6 Å². The monoisotopic (exact) mass is 267 g/mol. The Bertz CT molecular complexity index is 396. The molecule has 6 N–H and O–H groups in total. The van der Waals surface area contributed by atoms with Gasteiger partial charge in [-0.2, -0.15) is 5.10 Å². The van der Waals surface area contributed by atoms with Gasteiger partial charge in [-0.3, -0.25) is 5.10 Å². The number of anilines is 2. The van der Waals surface area contributed by atoms with E-state index in [-0.39, 0.29) is 0 Å². The third-order valence-electron chi connectivity index (χ3n) is 1.91. The summed E-state index contributed by atoms with van der Waals surface area (Å²) in [7, 11) is 0. The molecule has 0 atom stereocenters. The highest BCUT2D eigenvalue weighted by molar-refractivity contribution is 5.25. The first kappa shape index (κ1) is 15.0. The third-order valence-corrected chi connectivity index (χ3v) is 1.91. The lowest BCUT2D eigenvalue weighted by molar-refractivity contribution is 0.167. The van der Waals surface area contributed by atoms with Gasteiger partial charge in [0, 0.05) is 19.2 Å². The molecule has 8 nitrogen and oxygen atoms in total. The van der Waals surface area contributed by atoms with Crippen molar-refractivity contribution < 1.29 is 9.26 Å². The van der Waals surface area contributed by atoms with Crippen LogP contribution in [0.3, 0.4) is 0 Å². The molecule has 3 heterocycles. The Morgan fingerprint density at radius 3 is 2.37 bits per heavy atom. The van der Waals surface area contributed by atoms with Crippen molar-refractivity contribution in [2.75, 3.05) is 31.2 Å². The average Bonchev–Trinajstić information content (AvgIpc) is 3.05. The van der Waals surface area contributed by atoms with E-state index in [1.807, 2.05) is 0 Å². The molecule has 19 heavy (non-hydrogen) atoms. The number of hydrogen-bond acceptors (Lipinski definition) is 7. The predicted molar refractivity (Wildman–Crippen MR) is 71.8 cm³/mol. The summed E-state index contributed by atoms with van der Waals surface area (Å²) >= 11 is 0. The van der Waals surface area contributed by atoms with Gasteiger partial charge in [-0.1, -0.05) is 5.16 Å². The first-order valence-corrected chi connectivity index (χ1v) is 5.76. The van der Waals surface area contributed by atoms with Gasteiger partial charge in [-0.05, 0) is 13.0 Å². The van der Waals surface area contributed by atoms with E-state index in [1.54, 1.807) is 31.9 Å². The van der Waals surface area contributed by atoms with Crippen LogP contribution in [0.1, 0.15) is 5.76 Å². The van der Waals surface area contributed by atoms with Gasteiger partial charge in [0.2, 0.25) is 0 Å². The van der Waals surface area contributed by atoms with Crippen LogP contribution in [0.5, 0.6) is 0 Å². The minimum atomic E-state index is 0.442. The molecule has 1 saturated heterocycles. The minimum Gasteiger partial charge on any atom is -0.384 e. The first-order chi connectivity index (χ1) is 9.18. The molecule has 0 bridgehead atoms. The first-order valence-electron chi connectivity index (χ1n) is 5.76. The van der Waals surface area contributed by atoms with E-state index in [4.69, 9.17) is 16.2 Å². The predicted octanol–water partition coefficient (Wildman–Crippen LogP) is 0.325. The molecule has 1 fully saturated rings. The molecule has 0 spiro atoms. The molecule has 2 aromatic heterocycles. The number of rotatable bonds is 0. The van der Waals surface area contributed by atoms with E-state index in [9.17, 15) is 0 Å². The van der Waals surface area contributed by atoms with Crippen molar-refractivity contribution in [3.8, 4) is 0 Å². The second-order valence-electron chi connectivity index (χ2n) is 3.62. The van der Waals surface area contributed by atoms with Gasteiger partial charge in [0.05, 0.1) is 19.4 Å². The molecule has 8 heteroatoms. The zero-order chi connectivity index (χ0) is 13.9. The highest BCUT2D eigenvalue weighted by atomic mass is 16.5. The van der Waals surface area contributed by atoms with Crippen LogP contribution in [0.25, 0.3) is 0 Å². The lowest BCUT2D eigenvalue weighted by Gasteiger charge is -2.09. The molecule has 1 aliphatic heterocycles. The fourth-order valence-corrected chi connectivity index (χ4v) is 1.09. The summed E-state index contributed by atoms with van der Waals surface area (Å²) in [5.74, 6) is 1.80. The molecule has 0 aliphatic carbocycles. The number of nitrogen functional groups attached to an aromatic ring is 2. The van der Waals surface area contributed by atoms with Gasteiger partial charge >= 0.3 is 0 Å². The van der Waals surface area contributed by atoms with Gasteiger partial charge in [0.15, 0.2) is 5.82 Å². The maximum Gasteiger partial charge on any atom is 0.167 e. The molecule has 1 aliphatic rings. The zero-order valence-electron chi connectivity index (χ0n) is 10.8. The summed E-state index contributed by atoms with van der Waals surface area (Å²) in [4.78, 5) is 0. The minimum absolute atomic E-state index is 0.442. The van der Waals surface area contributed by atoms with Crippen LogP contribution >= 0.6 is 0 Å². The number of aromatic nitrogens is 3. The van der Waals surface area contributed by atoms with E-state index >= 15 is 0 Å². The zero-order valence-corrected chi connectivity index (χ0v) is 10.8. The molecule has 0 amide bonds. The molecule has 0 saturated carbocycles. The van der Waals surface area contributed by atoms with E-state index in [1.165, 1.54) is 0 Å². The van der Waals surface area contributed by atoms with Crippen molar-refractivity contribution in [3.05, 3.63) is 30.7 Å². The summed E-state index contributed by atoms with van der Waals surface area (Å²) in [6, 6.07) is 3.36. The van der Waals surface area contributed by atoms with E-state index in [0.717, 1.165) is 25.5 Å². The molecule has 0 aromatic carbocycles. The standard InChI is InChI=1S/C4H6N2O.C4H8NO.C3H5N3/c1-3-2-4(5)6-7-3;1-3-6-4-2-5-1;4-3-1-2-5-6-3/h2H,1H3,(H2,5,6);3,5H,1-2,4H2;1-2H,(H3,4,5,6). The van der Waals surface area contributed by atoms with Gasteiger partial charge in [-0.25, -0.2) is 0 Å². The maximum atomic E-state index is 5.17. The molecular formula is C11H19N6O2. The summed E-state index contributed by atoms with van der Waals surface area (Å²) in [6.07, 6.45) is 1.61. The Hall–Kier alpha value is -2.06. The Kier molecular flexibility index (Phi) is 7.06. The number of nitrogens with two attached hydrogens (primary N) is 2. The molecule has 3 rings (SSSR count). The van der Waals surface area contributed by atoms with Crippen LogP contribution in [0.4, 0.5) is 11.6 Å². The quantitative estimate of drug-likeness (QED) is 0.541. The van der Waals surface area contributed by atoms with Crippen molar-refractivity contribution in [2.45, 2.75) is 6.92 Å². The highest BCUT2D eigenvalue weighted by Crippen LogP contribution is 2.00. The molecular weight excluding hydrogens is 248 g/mol. The lowest BCUT2D eigenvalue weighted by atomic mass is 10.5. The number of aryl methyl sites for hydroxylation is 1. The van der Waals surface area contributed by atoms with Crippen LogP contribution in [0, 0.1) is 13.5 Å². The summed E-state index contributed by atoms with van der Waals surface area (Å²) in [6.45, 7) is 6.31. The number of hydrogen-bond donors (Lipinski definition) is 4. The second kappa shape index (κ2) is 8.95. The van der Waals surface area contributed by atoms with E-state index < -0.39 is 0 Å². The SMILES string of the molecule is Cc1cc(N)no1.Nc1ccn[nH]1.[CH]1CNCCO1. The fraction of sp³-hybridized carbons (Fsp3) is 0.364. The largest absolute Gasteiger partial charge is 0.384 e. The van der Waals surface area contributed by atoms with Gasteiger partial charge in [-0.15, -0.1) is 0 Å². The highest BCUT2D eigenvalue weighted by Gasteiger charge is 1.93. The van der Waals surface area contributed by atoms with Gasteiger partial charge in [0.1, 0.15) is 11.6 Å². The third kappa shape index (κ3) is 7.79. The molecule has 1 radical (unpaired) electrons. The van der Waals surface area contributed by atoms with Crippen molar-refractivity contribution >= 4 is 11.6 Å². The second-order valence-corrected chi connectivity index (χ2v) is 3.62. The van der Waals surface area contributed by atoms with Gasteiger partial charge in [0.25, 0.3) is 0 Å². The Balaban J connectivity index is 0.000000143. The van der Waals surface area contributed by atoms with Crippen molar-refractivity contribution in [3.63, 3.8) is 0 Å². The van der Waals surface area contributed by atoms with Crippen molar-refractivity contribution in [1.29, 1.82) is 0 Å². The van der Waals surface area contributed by atoms with Crippen LogP contribution in [0.2, 0.25) is 0 Å². The fourth-order valence-electron chi connectivity index (χ4n) is 1.09. The van der Waals surface area contributed by atoms with Crippen LogP contribution in [-0.4, -0.2) is 35.1 Å². The normalized spacial score (nSPS) is 13.7. The van der Waals surface area contributed by atoms with Crippen LogP contribution in [-0.2, 0) is 4.74 Å². The van der Waals surface area contributed by atoms with Crippen molar-refractivity contribution in [2.24, 2.45) is 0 Å². The average molecular weight is 267 g/mol.